The van der Waals surface area contributed by atoms with Gasteiger partial charge < -0.3 is 11.1 Å². The van der Waals surface area contributed by atoms with Gasteiger partial charge in [-0.25, -0.2) is 5.10 Å². The van der Waals surface area contributed by atoms with Crippen LogP contribution in [0.4, 0.5) is 11.5 Å². The average molecular weight is 168 g/mol. The molecular formula is C6H8N4O2. The molecule has 6 nitrogen and oxygen atoms in total. The minimum absolute atomic E-state index is 0.106. The van der Waals surface area contributed by atoms with Gasteiger partial charge in [-0.3, -0.25) is 9.59 Å². The number of anilines is 2. The van der Waals surface area contributed by atoms with Crippen molar-refractivity contribution < 1.29 is 4.79 Å². The molecule has 1 aromatic heterocycles. The number of nitrogen functional groups attached to an aromatic ring is 1. The molecule has 0 aliphatic rings. The van der Waals surface area contributed by atoms with Crippen LogP contribution < -0.4 is 16.6 Å². The van der Waals surface area contributed by atoms with Crippen LogP contribution in [-0.2, 0) is 4.79 Å². The predicted molar refractivity (Wildman–Crippen MR) is 43.6 cm³/mol. The second-order valence-electron chi connectivity index (χ2n) is 2.22. The van der Waals surface area contributed by atoms with Gasteiger partial charge in [-0.15, -0.1) is 0 Å². The molecule has 0 saturated carbocycles. The van der Waals surface area contributed by atoms with E-state index in [9.17, 15) is 9.59 Å². The lowest BCUT2D eigenvalue weighted by Crippen LogP contribution is -2.18. The van der Waals surface area contributed by atoms with E-state index in [-0.39, 0.29) is 17.4 Å². The van der Waals surface area contributed by atoms with E-state index in [1.807, 2.05) is 0 Å². The number of carbonyl (C=O) groups is 1. The quantitative estimate of drug-likeness (QED) is 0.516. The SMILES string of the molecule is CC(=O)Nc1cc(N)n[nH]c1=O. The van der Waals surface area contributed by atoms with E-state index in [0.717, 1.165) is 0 Å². The van der Waals surface area contributed by atoms with E-state index in [0.29, 0.717) is 0 Å². The van der Waals surface area contributed by atoms with Gasteiger partial charge in [0.25, 0.3) is 5.56 Å². The first-order valence-electron chi connectivity index (χ1n) is 3.22. The molecule has 1 rings (SSSR count). The van der Waals surface area contributed by atoms with Crippen LogP contribution in [0.15, 0.2) is 10.9 Å². The molecule has 0 atom stereocenters. The van der Waals surface area contributed by atoms with Crippen molar-refractivity contribution in [3.05, 3.63) is 16.4 Å². The highest BCUT2D eigenvalue weighted by atomic mass is 16.2. The number of amides is 1. The molecule has 0 radical (unpaired) electrons. The number of H-pyrrole nitrogens is 1. The maximum absolute atomic E-state index is 10.9. The highest BCUT2D eigenvalue weighted by molar-refractivity contribution is 5.88. The normalized spacial score (nSPS) is 9.42. The van der Waals surface area contributed by atoms with Gasteiger partial charge in [-0.2, -0.15) is 5.10 Å². The van der Waals surface area contributed by atoms with Gasteiger partial charge in [0, 0.05) is 13.0 Å². The van der Waals surface area contributed by atoms with Crippen molar-refractivity contribution in [1.29, 1.82) is 0 Å². The zero-order valence-corrected chi connectivity index (χ0v) is 6.42. The van der Waals surface area contributed by atoms with E-state index >= 15 is 0 Å². The molecule has 0 unspecified atom stereocenters. The van der Waals surface area contributed by atoms with Crippen LogP contribution in [0.2, 0.25) is 0 Å². The molecule has 6 heteroatoms. The Morgan fingerprint density at radius 3 is 3.00 bits per heavy atom. The summed E-state index contributed by atoms with van der Waals surface area (Å²) in [5, 5.41) is 7.88. The summed E-state index contributed by atoms with van der Waals surface area (Å²) in [7, 11) is 0. The van der Waals surface area contributed by atoms with E-state index < -0.39 is 5.56 Å². The van der Waals surface area contributed by atoms with E-state index in [1.165, 1.54) is 13.0 Å². The van der Waals surface area contributed by atoms with Crippen molar-refractivity contribution in [2.24, 2.45) is 0 Å². The number of nitrogens with zero attached hydrogens (tertiary/aromatic N) is 1. The molecule has 1 aromatic rings. The lowest BCUT2D eigenvalue weighted by Gasteiger charge is -1.99. The molecule has 1 heterocycles. The summed E-state index contributed by atoms with van der Waals surface area (Å²) in [6.07, 6.45) is 0. The number of nitrogens with two attached hydrogens (primary N) is 1. The fourth-order valence-corrected chi connectivity index (χ4v) is 0.704. The number of nitrogens with one attached hydrogen (secondary N) is 2. The molecule has 0 spiro atoms. The van der Waals surface area contributed by atoms with Gasteiger partial charge in [0.2, 0.25) is 5.91 Å². The Labute approximate surface area is 67.8 Å². The molecule has 0 aliphatic carbocycles. The Bertz CT molecular complexity index is 357. The van der Waals surface area contributed by atoms with Gasteiger partial charge >= 0.3 is 0 Å². The van der Waals surface area contributed by atoms with Gasteiger partial charge in [0.1, 0.15) is 11.5 Å². The molecule has 0 bridgehead atoms. The minimum Gasteiger partial charge on any atom is -0.382 e. The Morgan fingerprint density at radius 1 is 1.75 bits per heavy atom. The summed E-state index contributed by atoms with van der Waals surface area (Å²) in [6.45, 7) is 1.30. The van der Waals surface area contributed by atoms with Crippen LogP contribution in [0.1, 0.15) is 6.92 Å². The van der Waals surface area contributed by atoms with Crippen molar-refractivity contribution in [1.82, 2.24) is 10.2 Å². The van der Waals surface area contributed by atoms with E-state index in [1.54, 1.807) is 0 Å². The first-order chi connectivity index (χ1) is 5.59. The molecule has 4 N–H and O–H groups in total. The highest BCUT2D eigenvalue weighted by Crippen LogP contribution is 2.00. The van der Waals surface area contributed by atoms with Gasteiger partial charge in [0.05, 0.1) is 0 Å². The summed E-state index contributed by atoms with van der Waals surface area (Å²) >= 11 is 0. The van der Waals surface area contributed by atoms with Crippen LogP contribution in [-0.4, -0.2) is 16.1 Å². The molecule has 0 aromatic carbocycles. The van der Waals surface area contributed by atoms with Crippen LogP contribution in [0, 0.1) is 0 Å². The summed E-state index contributed by atoms with van der Waals surface area (Å²) in [5.74, 6) is -0.176. The minimum atomic E-state index is -0.473. The summed E-state index contributed by atoms with van der Waals surface area (Å²) < 4.78 is 0. The summed E-state index contributed by atoms with van der Waals surface area (Å²) in [5.41, 5.74) is 4.90. The third-order valence-corrected chi connectivity index (χ3v) is 1.13. The second kappa shape index (κ2) is 3.04. The number of aromatic amines is 1. The zero-order chi connectivity index (χ0) is 9.14. The first-order valence-corrected chi connectivity index (χ1v) is 3.22. The Hall–Kier alpha value is -1.85. The lowest BCUT2D eigenvalue weighted by molar-refractivity contribution is -0.114. The maximum Gasteiger partial charge on any atom is 0.288 e. The largest absolute Gasteiger partial charge is 0.382 e. The fourth-order valence-electron chi connectivity index (χ4n) is 0.704. The molecule has 0 saturated heterocycles. The topological polar surface area (TPSA) is 101 Å². The van der Waals surface area contributed by atoms with Gasteiger partial charge in [-0.05, 0) is 0 Å². The van der Waals surface area contributed by atoms with Crippen molar-refractivity contribution >= 4 is 17.4 Å². The smallest absolute Gasteiger partial charge is 0.288 e. The number of aromatic nitrogens is 2. The standard InChI is InChI=1S/C6H8N4O2/c1-3(11)8-4-2-5(7)9-10-6(4)12/h2H,1H3,(H,10,12)(H3,7,8,9,11). The maximum atomic E-state index is 10.9. The summed E-state index contributed by atoms with van der Waals surface area (Å²) in [6, 6.07) is 1.29. The third kappa shape index (κ3) is 1.82. The fraction of sp³-hybridized carbons (Fsp3) is 0.167. The van der Waals surface area contributed by atoms with Gasteiger partial charge in [-0.1, -0.05) is 0 Å². The zero-order valence-electron chi connectivity index (χ0n) is 6.42. The third-order valence-electron chi connectivity index (χ3n) is 1.13. The highest BCUT2D eigenvalue weighted by Gasteiger charge is 2.01. The first kappa shape index (κ1) is 8.25. The summed E-state index contributed by atoms with van der Waals surface area (Å²) in [4.78, 5) is 21.5. The molecule has 12 heavy (non-hydrogen) atoms. The molecular weight excluding hydrogens is 160 g/mol. The molecule has 0 aliphatic heterocycles. The number of hydrogen-bond donors (Lipinski definition) is 3. The van der Waals surface area contributed by atoms with Crippen LogP contribution in [0.25, 0.3) is 0 Å². The van der Waals surface area contributed by atoms with Crippen LogP contribution >= 0.6 is 0 Å². The van der Waals surface area contributed by atoms with Crippen LogP contribution in [0.5, 0.6) is 0 Å². The molecule has 0 fully saturated rings. The average Bonchev–Trinajstić information content (AvgIpc) is 1.96. The van der Waals surface area contributed by atoms with Crippen molar-refractivity contribution in [2.45, 2.75) is 6.92 Å². The predicted octanol–water partition coefficient (Wildman–Crippen LogP) is -0.690. The molecule has 1 amide bonds. The van der Waals surface area contributed by atoms with Gasteiger partial charge in [0.15, 0.2) is 0 Å². The second-order valence-corrected chi connectivity index (χ2v) is 2.22. The number of rotatable bonds is 1. The number of carbonyl (C=O) groups excluding carboxylic acids is 1. The van der Waals surface area contributed by atoms with E-state index in [4.69, 9.17) is 5.73 Å². The Morgan fingerprint density at radius 2 is 2.42 bits per heavy atom. The number of hydrogen-bond acceptors (Lipinski definition) is 4. The van der Waals surface area contributed by atoms with Crippen molar-refractivity contribution in [2.75, 3.05) is 11.1 Å². The Kier molecular flexibility index (Phi) is 2.09. The lowest BCUT2D eigenvalue weighted by atomic mass is 10.4. The van der Waals surface area contributed by atoms with Crippen molar-refractivity contribution in [3.63, 3.8) is 0 Å². The Balaban J connectivity index is 3.06. The van der Waals surface area contributed by atoms with Crippen molar-refractivity contribution in [3.8, 4) is 0 Å². The molecule has 64 valence electrons. The van der Waals surface area contributed by atoms with E-state index in [2.05, 4.69) is 15.5 Å². The van der Waals surface area contributed by atoms with Crippen LogP contribution in [0.3, 0.4) is 0 Å². The monoisotopic (exact) mass is 168 g/mol.